The van der Waals surface area contributed by atoms with Crippen LogP contribution in [-0.4, -0.2) is 24.7 Å². The first-order valence-electron chi connectivity index (χ1n) is 4.99. The zero-order valence-electron chi connectivity index (χ0n) is 9.05. The van der Waals surface area contributed by atoms with Gasteiger partial charge in [-0.15, -0.1) is 0 Å². The second-order valence-corrected chi connectivity index (χ2v) is 3.50. The smallest absolute Gasteiger partial charge is 0.337 e. The molecular weight excluding hydrogens is 208 g/mol. The molecule has 4 heteroatoms. The van der Waals surface area contributed by atoms with Gasteiger partial charge in [0.15, 0.2) is 0 Å². The molecule has 1 aliphatic rings. The Kier molecular flexibility index (Phi) is 4.51. The number of hydrogen-bond donors (Lipinski definition) is 1. The number of esters is 1. The Bertz CT molecular complexity index is 369. The topological polar surface area (TPSA) is 63.6 Å². The second kappa shape index (κ2) is 5.90. The Morgan fingerprint density at radius 1 is 1.50 bits per heavy atom. The maximum atomic E-state index is 11.2. The van der Waals surface area contributed by atoms with Gasteiger partial charge in [0.2, 0.25) is 0 Å². The Morgan fingerprint density at radius 3 is 2.62 bits per heavy atom. The molecule has 0 heterocycles. The van der Waals surface area contributed by atoms with Crippen molar-refractivity contribution >= 4 is 12.4 Å². The summed E-state index contributed by atoms with van der Waals surface area (Å²) in [5.41, 5.74) is 1.93. The monoisotopic (exact) mass is 222 g/mol. The van der Waals surface area contributed by atoms with Crippen molar-refractivity contribution < 1.29 is 19.4 Å². The average molecular weight is 222 g/mol. The van der Waals surface area contributed by atoms with Crippen molar-refractivity contribution in [2.75, 3.05) is 7.11 Å². The molecule has 1 aliphatic carbocycles. The quantitative estimate of drug-likeness (QED) is 0.614. The van der Waals surface area contributed by atoms with Gasteiger partial charge < -0.3 is 9.84 Å². The van der Waals surface area contributed by atoms with Crippen molar-refractivity contribution in [1.82, 2.24) is 0 Å². The van der Waals surface area contributed by atoms with E-state index in [0.717, 1.165) is 0 Å². The average Bonchev–Trinajstić information content (AvgIpc) is 3.13. The van der Waals surface area contributed by atoms with Gasteiger partial charge in [-0.1, -0.05) is 12.1 Å². The predicted molar refractivity (Wildman–Crippen MR) is 58.4 cm³/mol. The maximum absolute atomic E-state index is 11.2. The molecule has 0 spiro atoms. The van der Waals surface area contributed by atoms with Crippen LogP contribution >= 0.6 is 0 Å². The Balaban J connectivity index is 0.000000386. The van der Waals surface area contributed by atoms with Crippen LogP contribution in [0.2, 0.25) is 0 Å². The van der Waals surface area contributed by atoms with E-state index in [4.69, 9.17) is 9.90 Å². The molecule has 0 aliphatic heterocycles. The standard InChI is InChI=1S/C11H12O2.CH2O2/c1-13-11(12)10-4-2-3-9(7-10)8-5-6-8;2-1-3/h2-4,7-8H,5-6H2,1H3;1H,(H,2,3). The maximum Gasteiger partial charge on any atom is 0.337 e. The highest BCUT2D eigenvalue weighted by atomic mass is 16.5. The number of carbonyl (C=O) groups is 2. The van der Waals surface area contributed by atoms with Gasteiger partial charge in [-0.25, -0.2) is 4.79 Å². The summed E-state index contributed by atoms with van der Waals surface area (Å²) in [7, 11) is 1.41. The molecule has 0 atom stereocenters. The fraction of sp³-hybridized carbons (Fsp3) is 0.333. The summed E-state index contributed by atoms with van der Waals surface area (Å²) >= 11 is 0. The number of hydrogen-bond acceptors (Lipinski definition) is 3. The summed E-state index contributed by atoms with van der Waals surface area (Å²) in [5.74, 6) is 0.437. The lowest BCUT2D eigenvalue weighted by Crippen LogP contribution is -2.01. The van der Waals surface area contributed by atoms with E-state index >= 15 is 0 Å². The Hall–Kier alpha value is -1.84. The number of rotatable bonds is 2. The second-order valence-electron chi connectivity index (χ2n) is 3.50. The molecule has 1 aromatic rings. The van der Waals surface area contributed by atoms with Crippen LogP contribution in [0.1, 0.15) is 34.7 Å². The zero-order chi connectivity index (χ0) is 12.0. The van der Waals surface area contributed by atoms with E-state index in [1.807, 2.05) is 12.1 Å². The van der Waals surface area contributed by atoms with E-state index in [2.05, 4.69) is 10.8 Å². The van der Waals surface area contributed by atoms with Gasteiger partial charge >= 0.3 is 5.97 Å². The minimum absolute atomic E-state index is 0.248. The molecule has 86 valence electrons. The molecule has 1 N–H and O–H groups in total. The minimum Gasteiger partial charge on any atom is -0.483 e. The van der Waals surface area contributed by atoms with E-state index < -0.39 is 0 Å². The van der Waals surface area contributed by atoms with E-state index in [1.54, 1.807) is 6.07 Å². The lowest BCUT2D eigenvalue weighted by Gasteiger charge is -2.01. The van der Waals surface area contributed by atoms with Crippen LogP contribution in [0.15, 0.2) is 24.3 Å². The molecule has 1 aromatic carbocycles. The SMILES string of the molecule is COC(=O)c1cccc(C2CC2)c1.O=CO. The lowest BCUT2D eigenvalue weighted by molar-refractivity contribution is -0.122. The highest BCUT2D eigenvalue weighted by Crippen LogP contribution is 2.40. The van der Waals surface area contributed by atoms with E-state index in [9.17, 15) is 4.79 Å². The molecule has 0 saturated heterocycles. The largest absolute Gasteiger partial charge is 0.483 e. The lowest BCUT2D eigenvalue weighted by atomic mass is 10.1. The summed E-state index contributed by atoms with van der Waals surface area (Å²) in [6.07, 6.45) is 2.51. The summed E-state index contributed by atoms with van der Waals surface area (Å²) < 4.78 is 4.65. The van der Waals surface area contributed by atoms with E-state index in [-0.39, 0.29) is 12.4 Å². The predicted octanol–water partition coefficient (Wildman–Crippen LogP) is 2.05. The van der Waals surface area contributed by atoms with Gasteiger partial charge in [0.05, 0.1) is 12.7 Å². The first-order chi connectivity index (χ1) is 7.72. The van der Waals surface area contributed by atoms with Gasteiger partial charge in [0.25, 0.3) is 6.47 Å². The van der Waals surface area contributed by atoms with Crippen molar-refractivity contribution in [3.63, 3.8) is 0 Å². The van der Waals surface area contributed by atoms with Crippen LogP contribution in [0.3, 0.4) is 0 Å². The number of ether oxygens (including phenoxy) is 1. The van der Waals surface area contributed by atoms with Crippen molar-refractivity contribution in [3.05, 3.63) is 35.4 Å². The molecule has 1 saturated carbocycles. The van der Waals surface area contributed by atoms with Crippen LogP contribution in [0.25, 0.3) is 0 Å². The van der Waals surface area contributed by atoms with Crippen LogP contribution in [0.4, 0.5) is 0 Å². The van der Waals surface area contributed by atoms with Gasteiger partial charge in [-0.05, 0) is 36.5 Å². The number of methoxy groups -OCH3 is 1. The first kappa shape index (κ1) is 12.2. The molecule has 0 radical (unpaired) electrons. The zero-order valence-corrected chi connectivity index (χ0v) is 9.05. The fourth-order valence-corrected chi connectivity index (χ4v) is 1.45. The Morgan fingerprint density at radius 2 is 2.12 bits per heavy atom. The normalized spacial score (nSPS) is 13.3. The van der Waals surface area contributed by atoms with Crippen molar-refractivity contribution in [3.8, 4) is 0 Å². The number of carbonyl (C=O) groups excluding carboxylic acids is 1. The van der Waals surface area contributed by atoms with Gasteiger partial charge in [0, 0.05) is 0 Å². The van der Waals surface area contributed by atoms with Gasteiger partial charge in [-0.3, -0.25) is 4.79 Å². The van der Waals surface area contributed by atoms with Crippen molar-refractivity contribution in [2.24, 2.45) is 0 Å². The summed E-state index contributed by atoms with van der Waals surface area (Å²) in [4.78, 5) is 19.5. The van der Waals surface area contributed by atoms with Gasteiger partial charge in [0.1, 0.15) is 0 Å². The molecule has 1 fully saturated rings. The van der Waals surface area contributed by atoms with Crippen LogP contribution < -0.4 is 0 Å². The third-order valence-corrected chi connectivity index (χ3v) is 2.36. The summed E-state index contributed by atoms with van der Waals surface area (Å²) in [6.45, 7) is -0.250. The molecule has 0 unspecified atom stereocenters. The summed E-state index contributed by atoms with van der Waals surface area (Å²) in [6, 6.07) is 7.71. The minimum atomic E-state index is -0.250. The fourth-order valence-electron chi connectivity index (χ4n) is 1.45. The van der Waals surface area contributed by atoms with E-state index in [1.165, 1.54) is 25.5 Å². The van der Waals surface area contributed by atoms with Crippen LogP contribution in [0.5, 0.6) is 0 Å². The first-order valence-corrected chi connectivity index (χ1v) is 4.99. The molecular formula is C12H14O4. The highest BCUT2D eigenvalue weighted by molar-refractivity contribution is 5.89. The molecule has 4 nitrogen and oxygen atoms in total. The Labute approximate surface area is 93.9 Å². The van der Waals surface area contributed by atoms with Crippen LogP contribution in [0, 0.1) is 0 Å². The highest BCUT2D eigenvalue weighted by Gasteiger charge is 2.23. The van der Waals surface area contributed by atoms with E-state index in [0.29, 0.717) is 11.5 Å². The summed E-state index contributed by atoms with van der Waals surface area (Å²) in [5, 5.41) is 6.89. The number of carboxylic acid groups (broad SMARTS) is 1. The molecule has 2 rings (SSSR count). The van der Waals surface area contributed by atoms with Crippen LogP contribution in [-0.2, 0) is 9.53 Å². The molecule has 0 bridgehead atoms. The van der Waals surface area contributed by atoms with Gasteiger partial charge in [-0.2, -0.15) is 0 Å². The van der Waals surface area contributed by atoms with Crippen molar-refractivity contribution in [1.29, 1.82) is 0 Å². The molecule has 0 amide bonds. The number of benzene rings is 1. The third kappa shape index (κ3) is 3.38. The molecule has 0 aromatic heterocycles. The van der Waals surface area contributed by atoms with Crippen molar-refractivity contribution in [2.45, 2.75) is 18.8 Å². The molecule has 16 heavy (non-hydrogen) atoms. The third-order valence-electron chi connectivity index (χ3n) is 2.36.